The second kappa shape index (κ2) is 7.89. The molecule has 158 valence electrons. The number of methoxy groups -OCH3 is 1. The molecule has 0 spiro atoms. The van der Waals surface area contributed by atoms with Gasteiger partial charge in [-0.3, -0.25) is 4.79 Å². The number of fused-ring (bicyclic) bond motifs is 1. The lowest BCUT2D eigenvalue weighted by atomic mass is 9.87. The van der Waals surface area contributed by atoms with Crippen LogP contribution in [0, 0.1) is 0 Å². The van der Waals surface area contributed by atoms with Gasteiger partial charge in [0, 0.05) is 48.1 Å². The zero-order chi connectivity index (χ0) is 21.5. The molecule has 0 radical (unpaired) electrons. The first-order valence-electron chi connectivity index (χ1n) is 10.0. The van der Waals surface area contributed by atoms with Crippen LogP contribution < -0.4 is 10.3 Å². The third kappa shape index (κ3) is 3.63. The lowest BCUT2D eigenvalue weighted by Gasteiger charge is -2.33. The summed E-state index contributed by atoms with van der Waals surface area (Å²) < 4.78 is 33.1. The highest BCUT2D eigenvalue weighted by Gasteiger charge is 2.31. The van der Waals surface area contributed by atoms with E-state index in [0.29, 0.717) is 24.2 Å². The largest absolute Gasteiger partial charge is 0.497 e. The molecule has 1 fully saturated rings. The molecule has 0 aliphatic carbocycles. The zero-order valence-electron chi connectivity index (χ0n) is 17.5. The number of rotatable bonds is 4. The molecule has 1 aliphatic rings. The van der Waals surface area contributed by atoms with Gasteiger partial charge in [0.15, 0.2) is 0 Å². The van der Waals surface area contributed by atoms with Gasteiger partial charge in [-0.1, -0.05) is 30.3 Å². The Morgan fingerprint density at radius 1 is 1.07 bits per heavy atom. The summed E-state index contributed by atoms with van der Waals surface area (Å²) in [6, 6.07) is 15.5. The molecule has 0 bridgehead atoms. The number of sulfonamides is 1. The monoisotopic (exact) mass is 426 g/mol. The highest BCUT2D eigenvalue weighted by Crippen LogP contribution is 2.39. The fourth-order valence-electron chi connectivity index (χ4n) is 4.49. The molecule has 4 rings (SSSR count). The molecule has 1 aromatic heterocycles. The number of hydrogen-bond donors (Lipinski definition) is 0. The molecule has 1 unspecified atom stereocenters. The van der Waals surface area contributed by atoms with Crippen molar-refractivity contribution in [3.8, 4) is 16.9 Å². The van der Waals surface area contributed by atoms with Crippen LogP contribution in [0.2, 0.25) is 0 Å². The van der Waals surface area contributed by atoms with Gasteiger partial charge in [-0.05, 0) is 36.6 Å². The summed E-state index contributed by atoms with van der Waals surface area (Å²) in [7, 11) is 0.0980. The van der Waals surface area contributed by atoms with Crippen LogP contribution in [0.25, 0.3) is 21.9 Å². The second-order valence-electron chi connectivity index (χ2n) is 7.86. The van der Waals surface area contributed by atoms with Crippen LogP contribution in [0.5, 0.6) is 5.75 Å². The molecule has 0 saturated carbocycles. The minimum atomic E-state index is -3.29. The Morgan fingerprint density at radius 2 is 1.80 bits per heavy atom. The SMILES string of the molecule is COc1ccc2c(=O)n(C)c(C3CCCN(S(C)(=O)=O)C3)c(-c3ccccc3)c2c1. The van der Waals surface area contributed by atoms with Crippen molar-refractivity contribution in [3.05, 3.63) is 64.6 Å². The number of hydrogen-bond acceptors (Lipinski definition) is 4. The summed E-state index contributed by atoms with van der Waals surface area (Å²) in [5, 5.41) is 1.45. The van der Waals surface area contributed by atoms with Gasteiger partial charge in [0.2, 0.25) is 10.0 Å². The van der Waals surface area contributed by atoms with Crippen LogP contribution in [0.15, 0.2) is 53.3 Å². The Kier molecular flexibility index (Phi) is 5.42. The summed E-state index contributed by atoms with van der Waals surface area (Å²) in [5.41, 5.74) is 2.75. The lowest BCUT2D eigenvalue weighted by molar-refractivity contribution is 0.311. The zero-order valence-corrected chi connectivity index (χ0v) is 18.3. The van der Waals surface area contributed by atoms with Gasteiger partial charge >= 0.3 is 0 Å². The van der Waals surface area contributed by atoms with Crippen molar-refractivity contribution in [2.24, 2.45) is 7.05 Å². The van der Waals surface area contributed by atoms with Crippen molar-refractivity contribution in [3.63, 3.8) is 0 Å². The number of nitrogens with zero attached hydrogens (tertiary/aromatic N) is 2. The van der Waals surface area contributed by atoms with Crippen molar-refractivity contribution in [1.82, 2.24) is 8.87 Å². The average Bonchev–Trinajstić information content (AvgIpc) is 2.75. The highest BCUT2D eigenvalue weighted by atomic mass is 32.2. The second-order valence-corrected chi connectivity index (χ2v) is 9.84. The molecule has 2 aromatic carbocycles. The van der Waals surface area contributed by atoms with Gasteiger partial charge in [0.05, 0.1) is 13.4 Å². The lowest BCUT2D eigenvalue weighted by Crippen LogP contribution is -2.40. The van der Waals surface area contributed by atoms with Gasteiger partial charge < -0.3 is 9.30 Å². The molecule has 0 N–H and O–H groups in total. The van der Waals surface area contributed by atoms with Crippen molar-refractivity contribution in [2.45, 2.75) is 18.8 Å². The predicted octanol–water partition coefficient (Wildman–Crippen LogP) is 3.35. The molecular formula is C23H26N2O4S. The van der Waals surface area contributed by atoms with E-state index in [1.807, 2.05) is 36.4 Å². The normalized spacial score (nSPS) is 17.9. The first-order valence-corrected chi connectivity index (χ1v) is 11.9. The van der Waals surface area contributed by atoms with Crippen molar-refractivity contribution in [1.29, 1.82) is 0 Å². The molecule has 7 heteroatoms. The summed E-state index contributed by atoms with van der Waals surface area (Å²) in [6.07, 6.45) is 2.84. The van der Waals surface area contributed by atoms with Crippen LogP contribution in [-0.4, -0.2) is 43.7 Å². The molecule has 1 atom stereocenters. The molecule has 2 heterocycles. The summed E-state index contributed by atoms with van der Waals surface area (Å²) >= 11 is 0. The number of piperidine rings is 1. The smallest absolute Gasteiger partial charge is 0.258 e. The van der Waals surface area contributed by atoms with Gasteiger partial charge in [0.1, 0.15) is 5.75 Å². The van der Waals surface area contributed by atoms with E-state index in [-0.39, 0.29) is 11.5 Å². The maximum atomic E-state index is 13.2. The van der Waals surface area contributed by atoms with Crippen molar-refractivity contribution >= 4 is 20.8 Å². The molecule has 3 aromatic rings. The van der Waals surface area contributed by atoms with Crippen molar-refractivity contribution in [2.75, 3.05) is 26.5 Å². The fourth-order valence-corrected chi connectivity index (χ4v) is 5.40. The van der Waals surface area contributed by atoms with Crippen LogP contribution >= 0.6 is 0 Å². The summed E-state index contributed by atoms with van der Waals surface area (Å²) in [6.45, 7) is 0.896. The number of benzene rings is 2. The van der Waals surface area contributed by atoms with E-state index in [4.69, 9.17) is 4.74 Å². The average molecular weight is 427 g/mol. The van der Waals surface area contributed by atoms with Gasteiger partial charge in [-0.2, -0.15) is 0 Å². The van der Waals surface area contributed by atoms with E-state index in [9.17, 15) is 13.2 Å². The van der Waals surface area contributed by atoms with E-state index in [1.54, 1.807) is 30.9 Å². The van der Waals surface area contributed by atoms with Crippen LogP contribution in [0.3, 0.4) is 0 Å². The maximum Gasteiger partial charge on any atom is 0.258 e. The Bertz CT molecular complexity index is 1250. The molecular weight excluding hydrogens is 400 g/mol. The Hall–Kier alpha value is -2.64. The quantitative estimate of drug-likeness (QED) is 0.642. The minimum Gasteiger partial charge on any atom is -0.497 e. The molecule has 30 heavy (non-hydrogen) atoms. The predicted molar refractivity (Wildman–Crippen MR) is 120 cm³/mol. The van der Waals surface area contributed by atoms with E-state index in [0.717, 1.165) is 35.0 Å². The molecule has 1 aliphatic heterocycles. The molecule has 6 nitrogen and oxygen atoms in total. The van der Waals surface area contributed by atoms with E-state index in [1.165, 1.54) is 10.6 Å². The van der Waals surface area contributed by atoms with Gasteiger partial charge in [-0.25, -0.2) is 12.7 Å². The van der Waals surface area contributed by atoms with Gasteiger partial charge in [-0.15, -0.1) is 0 Å². The summed E-state index contributed by atoms with van der Waals surface area (Å²) in [5.74, 6) is 0.609. The van der Waals surface area contributed by atoms with Gasteiger partial charge in [0.25, 0.3) is 5.56 Å². The Morgan fingerprint density at radius 3 is 2.47 bits per heavy atom. The third-order valence-electron chi connectivity index (χ3n) is 5.95. The van der Waals surface area contributed by atoms with Crippen molar-refractivity contribution < 1.29 is 13.2 Å². The van der Waals surface area contributed by atoms with Crippen LogP contribution in [0.1, 0.15) is 24.5 Å². The number of ether oxygens (including phenoxy) is 1. The standard InChI is InChI=1S/C23H26N2O4S/c1-24-22(17-10-7-13-25(15-17)30(3,27)28)21(16-8-5-4-6-9-16)20-14-18(29-2)11-12-19(20)23(24)26/h4-6,8-9,11-12,14,17H,7,10,13,15H2,1-3H3. The van der Waals surface area contributed by atoms with Crippen LogP contribution in [-0.2, 0) is 17.1 Å². The van der Waals surface area contributed by atoms with E-state index < -0.39 is 10.0 Å². The molecule has 1 saturated heterocycles. The Labute approximate surface area is 176 Å². The van der Waals surface area contributed by atoms with Crippen LogP contribution in [0.4, 0.5) is 0 Å². The van der Waals surface area contributed by atoms with E-state index in [2.05, 4.69) is 0 Å². The first-order chi connectivity index (χ1) is 14.3. The number of pyridine rings is 1. The third-order valence-corrected chi connectivity index (χ3v) is 7.22. The Balaban J connectivity index is 2.03. The topological polar surface area (TPSA) is 68.6 Å². The molecule has 0 amide bonds. The maximum absolute atomic E-state index is 13.2. The van der Waals surface area contributed by atoms with E-state index >= 15 is 0 Å². The number of aromatic nitrogens is 1. The highest BCUT2D eigenvalue weighted by molar-refractivity contribution is 7.88. The fraction of sp³-hybridized carbons (Fsp3) is 0.348. The summed E-state index contributed by atoms with van der Waals surface area (Å²) in [4.78, 5) is 13.2. The first kappa shape index (κ1) is 20.6. The minimum absolute atomic E-state index is 0.0722.